The summed E-state index contributed by atoms with van der Waals surface area (Å²) in [4.78, 5) is 25.7. The molecule has 0 spiro atoms. The molecule has 70 heavy (non-hydrogen) atoms. The summed E-state index contributed by atoms with van der Waals surface area (Å²) >= 11 is 0. The lowest BCUT2D eigenvalue weighted by atomic mass is 9.98. The quantitative estimate of drug-likeness (QED) is 0.0182. The summed E-state index contributed by atoms with van der Waals surface area (Å²) in [5.74, 6) is -1.07. The second kappa shape index (κ2) is 41.0. The molecule has 11 atom stereocenters. The highest BCUT2D eigenvalue weighted by molar-refractivity contribution is 5.70. The van der Waals surface area contributed by atoms with Crippen LogP contribution in [-0.4, -0.2) is 142 Å². The van der Waals surface area contributed by atoms with Gasteiger partial charge in [0.25, 0.3) is 0 Å². The number of carbonyl (C=O) groups excluding carboxylic acids is 2. The van der Waals surface area contributed by atoms with Crippen LogP contribution in [0, 0.1) is 0 Å². The predicted octanol–water partition coefficient (Wildman–Crippen LogP) is 7.37. The Morgan fingerprint density at radius 2 is 0.929 bits per heavy atom. The Kier molecular flexibility index (Phi) is 36.6. The van der Waals surface area contributed by atoms with Crippen molar-refractivity contribution in [3.8, 4) is 0 Å². The van der Waals surface area contributed by atoms with Gasteiger partial charge in [-0.25, -0.2) is 0 Å². The Hall–Kier alpha value is -3.58. The fraction of sp³-hybridized carbons (Fsp3) is 0.673. The topological polar surface area (TPSA) is 231 Å². The fourth-order valence-electron chi connectivity index (χ4n) is 7.33. The molecule has 0 aliphatic carbocycles. The third-order valence-electron chi connectivity index (χ3n) is 11.6. The lowest BCUT2D eigenvalue weighted by Crippen LogP contribution is -2.61. The van der Waals surface area contributed by atoms with E-state index in [1.807, 2.05) is 12.2 Å². The molecule has 2 heterocycles. The molecule has 0 amide bonds. The Morgan fingerprint density at radius 1 is 0.471 bits per heavy atom. The molecule has 2 aliphatic heterocycles. The number of allylic oxidation sites excluding steroid dienone is 16. The van der Waals surface area contributed by atoms with Gasteiger partial charge in [0.1, 0.15) is 55.4 Å². The largest absolute Gasteiger partial charge is 0.462 e. The number of ether oxygens (including phenoxy) is 6. The van der Waals surface area contributed by atoms with Crippen LogP contribution < -0.4 is 0 Å². The number of hydrogen-bond acceptors (Lipinski definition) is 15. The van der Waals surface area contributed by atoms with E-state index >= 15 is 0 Å². The fourth-order valence-corrected chi connectivity index (χ4v) is 7.33. The van der Waals surface area contributed by atoms with E-state index in [0.29, 0.717) is 19.3 Å². The number of rotatable bonds is 38. The number of carbonyl (C=O) groups is 2. The van der Waals surface area contributed by atoms with Crippen molar-refractivity contribution in [1.29, 1.82) is 0 Å². The summed E-state index contributed by atoms with van der Waals surface area (Å²) < 4.78 is 33.4. The standard InChI is InChI=1S/C55H88O15/c1-3-5-7-9-11-13-15-17-19-20-21-22-24-25-27-29-31-33-35-37-46(57)65-40-43(68-47(58)38-36-34-32-30-28-26-23-18-16-14-12-10-8-6-4-2)41-66-54-53(64)51(62)49(60)45(70-54)42-67-55-52(63)50(61)48(59)44(39-56)69-55/h5,7,11,13,17-19,21-23,25,27-28,30-31,33,43-45,48-56,59-64H,3-4,6,8-10,12,14-16,20,24,26,29,32,34-42H2,1-2H3/b7-5+,13-11+,19-17+,22-21+,23-18+,27-25+,30-28+,33-31+/t43-,44+,45+,48-,49-,50?,51?,52?,53?,54+,55+/m0/s1. The molecular weight excluding hydrogens is 901 g/mol. The number of hydrogen-bond donors (Lipinski definition) is 7. The zero-order valence-corrected chi connectivity index (χ0v) is 42.0. The molecular formula is C55H88O15. The molecule has 7 N–H and O–H groups in total. The Balaban J connectivity index is 1.86. The third-order valence-corrected chi connectivity index (χ3v) is 11.6. The van der Waals surface area contributed by atoms with Gasteiger partial charge in [0.2, 0.25) is 0 Å². The summed E-state index contributed by atoms with van der Waals surface area (Å²) in [7, 11) is 0. The van der Waals surface area contributed by atoms with E-state index in [4.69, 9.17) is 28.4 Å². The molecule has 2 rings (SSSR count). The molecule has 4 unspecified atom stereocenters. The van der Waals surface area contributed by atoms with Gasteiger partial charge in [0, 0.05) is 12.8 Å². The maximum atomic E-state index is 13.0. The molecule has 0 aromatic carbocycles. The molecule has 2 saturated heterocycles. The molecule has 0 saturated carbocycles. The molecule has 0 bridgehead atoms. The first kappa shape index (κ1) is 62.5. The first-order valence-electron chi connectivity index (χ1n) is 25.8. The Bertz CT molecular complexity index is 1580. The molecule has 0 radical (unpaired) electrons. The minimum absolute atomic E-state index is 0.0801. The van der Waals surface area contributed by atoms with Crippen molar-refractivity contribution in [2.75, 3.05) is 26.4 Å². The highest BCUT2D eigenvalue weighted by Crippen LogP contribution is 2.26. The van der Waals surface area contributed by atoms with E-state index in [9.17, 15) is 45.3 Å². The van der Waals surface area contributed by atoms with Crippen molar-refractivity contribution in [3.05, 3.63) is 97.2 Å². The van der Waals surface area contributed by atoms with Gasteiger partial charge in [-0.05, 0) is 83.5 Å². The van der Waals surface area contributed by atoms with E-state index in [1.54, 1.807) is 0 Å². The van der Waals surface area contributed by atoms with Crippen LogP contribution in [0.5, 0.6) is 0 Å². The zero-order valence-electron chi connectivity index (χ0n) is 42.0. The van der Waals surface area contributed by atoms with Gasteiger partial charge < -0.3 is 64.2 Å². The minimum Gasteiger partial charge on any atom is -0.462 e. The monoisotopic (exact) mass is 989 g/mol. The van der Waals surface area contributed by atoms with Crippen LogP contribution in [0.3, 0.4) is 0 Å². The average Bonchev–Trinajstić information content (AvgIpc) is 3.35. The summed E-state index contributed by atoms with van der Waals surface area (Å²) in [6.07, 6.45) is 34.5. The number of aliphatic hydroxyl groups is 7. The van der Waals surface area contributed by atoms with Crippen molar-refractivity contribution in [2.24, 2.45) is 0 Å². The zero-order chi connectivity index (χ0) is 51.0. The lowest BCUT2D eigenvalue weighted by Gasteiger charge is -2.42. The van der Waals surface area contributed by atoms with Crippen molar-refractivity contribution < 1.29 is 73.8 Å². The van der Waals surface area contributed by atoms with Gasteiger partial charge in [0.05, 0.1) is 19.8 Å². The first-order chi connectivity index (χ1) is 34.0. The van der Waals surface area contributed by atoms with Crippen LogP contribution in [0.4, 0.5) is 0 Å². The van der Waals surface area contributed by atoms with Crippen LogP contribution in [-0.2, 0) is 38.0 Å². The molecule has 2 aliphatic rings. The van der Waals surface area contributed by atoms with Crippen molar-refractivity contribution in [1.82, 2.24) is 0 Å². The summed E-state index contributed by atoms with van der Waals surface area (Å²) in [5.41, 5.74) is 0. The van der Waals surface area contributed by atoms with E-state index < -0.39 is 99.3 Å². The van der Waals surface area contributed by atoms with E-state index in [-0.39, 0.29) is 19.4 Å². The predicted molar refractivity (Wildman–Crippen MR) is 270 cm³/mol. The van der Waals surface area contributed by atoms with Crippen LogP contribution in [0.2, 0.25) is 0 Å². The average molecular weight is 989 g/mol. The summed E-state index contributed by atoms with van der Waals surface area (Å²) in [6.45, 7) is 2.33. The third kappa shape index (κ3) is 28.5. The van der Waals surface area contributed by atoms with Crippen LogP contribution in [0.15, 0.2) is 97.2 Å². The van der Waals surface area contributed by atoms with E-state index in [0.717, 1.165) is 57.8 Å². The van der Waals surface area contributed by atoms with Crippen LogP contribution in [0.1, 0.15) is 142 Å². The normalized spacial score (nSPS) is 26.2. The van der Waals surface area contributed by atoms with Crippen molar-refractivity contribution >= 4 is 11.9 Å². The molecule has 0 aromatic heterocycles. The number of esters is 2. The van der Waals surface area contributed by atoms with Gasteiger partial charge in [-0.2, -0.15) is 0 Å². The Morgan fingerprint density at radius 3 is 1.47 bits per heavy atom. The number of unbranched alkanes of at least 4 members (excludes halogenated alkanes) is 8. The van der Waals surface area contributed by atoms with E-state index in [2.05, 4.69) is 98.9 Å². The minimum atomic E-state index is -1.79. The van der Waals surface area contributed by atoms with Gasteiger partial charge in [0.15, 0.2) is 18.7 Å². The highest BCUT2D eigenvalue weighted by atomic mass is 16.7. The highest BCUT2D eigenvalue weighted by Gasteiger charge is 2.47. The molecule has 15 heteroatoms. The van der Waals surface area contributed by atoms with Crippen molar-refractivity contribution in [3.63, 3.8) is 0 Å². The smallest absolute Gasteiger partial charge is 0.306 e. The maximum absolute atomic E-state index is 13.0. The molecule has 0 aromatic rings. The van der Waals surface area contributed by atoms with E-state index in [1.165, 1.54) is 38.5 Å². The van der Waals surface area contributed by atoms with Gasteiger partial charge in [-0.1, -0.05) is 143 Å². The first-order valence-corrected chi connectivity index (χ1v) is 25.8. The molecule has 2 fully saturated rings. The SMILES string of the molecule is CC/C=C/C/C=C/C/C=C/C/C=C/C/C=C/C/C=C/CCC(=O)OC[C@@H](CO[C@@H]1O[C@H](CO[C@@H]2O[C@H](CO)[C@H](O)C(O)C2O)[C@H](O)C(O)C1O)OC(=O)CCCC/C=C/C/C=C/CCCCCCCC. The van der Waals surface area contributed by atoms with Crippen molar-refractivity contribution in [2.45, 2.75) is 210 Å². The Labute approximate surface area is 417 Å². The molecule has 398 valence electrons. The van der Waals surface area contributed by atoms with Crippen LogP contribution in [0.25, 0.3) is 0 Å². The number of aliphatic hydroxyl groups excluding tert-OH is 7. The van der Waals surface area contributed by atoms with Crippen LogP contribution >= 0.6 is 0 Å². The maximum Gasteiger partial charge on any atom is 0.306 e. The van der Waals surface area contributed by atoms with Gasteiger partial charge >= 0.3 is 11.9 Å². The second-order valence-electron chi connectivity index (χ2n) is 17.6. The summed E-state index contributed by atoms with van der Waals surface area (Å²) in [5, 5.41) is 72.1. The summed E-state index contributed by atoms with van der Waals surface area (Å²) in [6, 6.07) is 0. The molecule has 15 nitrogen and oxygen atoms in total. The lowest BCUT2D eigenvalue weighted by molar-refractivity contribution is -0.332. The second-order valence-corrected chi connectivity index (χ2v) is 17.6. The van der Waals surface area contributed by atoms with Gasteiger partial charge in [-0.15, -0.1) is 0 Å². The van der Waals surface area contributed by atoms with Gasteiger partial charge in [-0.3, -0.25) is 9.59 Å².